The van der Waals surface area contributed by atoms with E-state index in [1.165, 1.54) is 21.3 Å². The van der Waals surface area contributed by atoms with Gasteiger partial charge < -0.3 is 16.1 Å². The first kappa shape index (κ1) is 21.7. The van der Waals surface area contributed by atoms with Crippen molar-refractivity contribution in [3.63, 3.8) is 0 Å². The van der Waals surface area contributed by atoms with Crippen LogP contribution in [-0.4, -0.2) is 50.9 Å². The molecule has 2 aromatic rings. The van der Waals surface area contributed by atoms with Crippen LogP contribution in [0.4, 0.5) is 5.69 Å². The minimum atomic E-state index is -0.243. The van der Waals surface area contributed by atoms with Gasteiger partial charge in [0.25, 0.3) is 0 Å². The third-order valence-electron chi connectivity index (χ3n) is 4.21. The Morgan fingerprint density at radius 1 is 1.21 bits per heavy atom. The molecule has 0 bridgehead atoms. The van der Waals surface area contributed by atoms with Crippen LogP contribution in [0.2, 0.25) is 0 Å². The molecule has 0 aliphatic rings. The lowest BCUT2D eigenvalue weighted by atomic mass is 9.96. The smallest absolute Gasteiger partial charge is 0.243 e. The number of carbonyl (C=O) groups is 2. The number of rotatable bonds is 6. The van der Waals surface area contributed by atoms with Gasteiger partial charge in [0.1, 0.15) is 0 Å². The zero-order chi connectivity index (χ0) is 21.1. The lowest BCUT2D eigenvalue weighted by molar-refractivity contribution is -0.131. The second-order valence-electron chi connectivity index (χ2n) is 7.78. The molecule has 9 heteroatoms. The number of aromatic nitrogens is 3. The molecular formula is C19H28N6O2S. The van der Waals surface area contributed by atoms with Gasteiger partial charge in [-0.1, -0.05) is 50.7 Å². The maximum atomic E-state index is 12.4. The van der Waals surface area contributed by atoms with E-state index < -0.39 is 0 Å². The first-order valence-electron chi connectivity index (χ1n) is 8.94. The van der Waals surface area contributed by atoms with E-state index in [1.54, 1.807) is 7.05 Å². The van der Waals surface area contributed by atoms with Crippen LogP contribution in [0.25, 0.3) is 0 Å². The molecule has 152 valence electrons. The van der Waals surface area contributed by atoms with E-state index in [-0.39, 0.29) is 29.5 Å². The maximum Gasteiger partial charge on any atom is 0.243 e. The summed E-state index contributed by atoms with van der Waals surface area (Å²) in [6, 6.07) is 5.81. The van der Waals surface area contributed by atoms with Gasteiger partial charge in [-0.05, 0) is 25.0 Å². The SMILES string of the molecule is Cc1cccc(C)c1NC(=O)CN(C)C(=O)CSc1nnc(C(C)(C)C)n1N. The number of likely N-dealkylation sites (N-methyl/N-ethyl adjacent to an activating group) is 1. The maximum absolute atomic E-state index is 12.4. The molecule has 2 rings (SSSR count). The second-order valence-corrected chi connectivity index (χ2v) is 8.72. The number of nitrogens with two attached hydrogens (primary N) is 1. The molecule has 8 nitrogen and oxygen atoms in total. The summed E-state index contributed by atoms with van der Waals surface area (Å²) in [5, 5.41) is 11.5. The zero-order valence-corrected chi connectivity index (χ0v) is 18.1. The molecule has 1 aromatic carbocycles. The van der Waals surface area contributed by atoms with E-state index in [0.717, 1.165) is 16.8 Å². The molecule has 0 unspecified atom stereocenters. The van der Waals surface area contributed by atoms with Crippen LogP contribution in [0.3, 0.4) is 0 Å². The Balaban J connectivity index is 1.91. The van der Waals surface area contributed by atoms with Crippen molar-refractivity contribution in [3.05, 3.63) is 35.2 Å². The van der Waals surface area contributed by atoms with Gasteiger partial charge in [-0.25, -0.2) is 4.68 Å². The molecule has 1 aromatic heterocycles. The van der Waals surface area contributed by atoms with Crippen LogP contribution in [0.1, 0.15) is 37.7 Å². The number of para-hydroxylation sites is 1. The van der Waals surface area contributed by atoms with E-state index in [2.05, 4.69) is 15.5 Å². The summed E-state index contributed by atoms with van der Waals surface area (Å²) < 4.78 is 1.41. The fraction of sp³-hybridized carbons (Fsp3) is 0.474. The number of amides is 2. The molecule has 1 heterocycles. The monoisotopic (exact) mass is 404 g/mol. The highest BCUT2D eigenvalue weighted by atomic mass is 32.2. The van der Waals surface area contributed by atoms with Crippen molar-refractivity contribution in [1.82, 2.24) is 19.8 Å². The Morgan fingerprint density at radius 3 is 2.36 bits per heavy atom. The number of nitrogens with zero attached hydrogens (tertiary/aromatic N) is 4. The summed E-state index contributed by atoms with van der Waals surface area (Å²) in [5.41, 5.74) is 2.51. The average Bonchev–Trinajstić information content (AvgIpc) is 2.97. The fourth-order valence-electron chi connectivity index (χ4n) is 2.62. The van der Waals surface area contributed by atoms with Crippen molar-refractivity contribution in [3.8, 4) is 0 Å². The molecule has 0 aliphatic heterocycles. The van der Waals surface area contributed by atoms with E-state index in [9.17, 15) is 9.59 Å². The number of hydrogen-bond donors (Lipinski definition) is 2. The first-order chi connectivity index (χ1) is 13.0. The van der Waals surface area contributed by atoms with Gasteiger partial charge >= 0.3 is 0 Å². The van der Waals surface area contributed by atoms with E-state index in [1.807, 2.05) is 52.8 Å². The van der Waals surface area contributed by atoms with Crippen molar-refractivity contribution in [2.75, 3.05) is 30.5 Å². The summed E-state index contributed by atoms with van der Waals surface area (Å²) in [6.45, 7) is 9.80. The largest absolute Gasteiger partial charge is 0.336 e. The Bertz CT molecular complexity index is 852. The van der Waals surface area contributed by atoms with Crippen molar-refractivity contribution in [1.29, 1.82) is 0 Å². The van der Waals surface area contributed by atoms with Crippen LogP contribution in [0.15, 0.2) is 23.4 Å². The molecule has 28 heavy (non-hydrogen) atoms. The average molecular weight is 405 g/mol. The standard InChI is InChI=1S/C19H28N6O2S/c1-12-8-7-9-13(2)16(12)21-14(26)10-24(6)15(27)11-28-18-23-22-17(25(18)20)19(3,4)5/h7-9H,10-11,20H2,1-6H3,(H,21,26). The first-order valence-corrected chi connectivity index (χ1v) is 9.93. The van der Waals surface area contributed by atoms with Crippen molar-refractivity contribution in [2.24, 2.45) is 0 Å². The Hall–Kier alpha value is -2.55. The zero-order valence-electron chi connectivity index (χ0n) is 17.2. The Morgan fingerprint density at radius 2 is 1.82 bits per heavy atom. The van der Waals surface area contributed by atoms with Crippen LogP contribution in [0.5, 0.6) is 0 Å². The van der Waals surface area contributed by atoms with Gasteiger partial charge in [0.2, 0.25) is 17.0 Å². The topological polar surface area (TPSA) is 106 Å². The number of aryl methyl sites for hydroxylation is 2. The highest BCUT2D eigenvalue weighted by Gasteiger charge is 2.24. The van der Waals surface area contributed by atoms with Crippen molar-refractivity contribution >= 4 is 29.3 Å². The minimum absolute atomic E-state index is 0.0320. The number of carbonyl (C=O) groups excluding carboxylic acids is 2. The van der Waals surface area contributed by atoms with Gasteiger partial charge in [-0.15, -0.1) is 10.2 Å². The molecule has 0 aliphatic carbocycles. The highest BCUT2D eigenvalue weighted by molar-refractivity contribution is 7.99. The highest BCUT2D eigenvalue weighted by Crippen LogP contribution is 2.23. The molecule has 0 atom stereocenters. The summed E-state index contributed by atoms with van der Waals surface area (Å²) in [4.78, 5) is 26.1. The number of anilines is 1. The lowest BCUT2D eigenvalue weighted by Crippen LogP contribution is -2.36. The molecule has 0 fully saturated rings. The third-order valence-corrected chi connectivity index (χ3v) is 5.14. The molecular weight excluding hydrogens is 376 g/mol. The van der Waals surface area contributed by atoms with Crippen molar-refractivity contribution in [2.45, 2.75) is 45.2 Å². The lowest BCUT2D eigenvalue weighted by Gasteiger charge is -2.18. The predicted molar refractivity (Wildman–Crippen MR) is 112 cm³/mol. The fourth-order valence-corrected chi connectivity index (χ4v) is 3.41. The summed E-state index contributed by atoms with van der Waals surface area (Å²) in [6.07, 6.45) is 0. The number of hydrogen-bond acceptors (Lipinski definition) is 6. The number of nitrogens with one attached hydrogen (secondary N) is 1. The third kappa shape index (κ3) is 5.25. The van der Waals surface area contributed by atoms with Crippen molar-refractivity contribution < 1.29 is 9.59 Å². The number of thioether (sulfide) groups is 1. The second kappa shape index (κ2) is 8.64. The number of benzene rings is 1. The van der Waals surface area contributed by atoms with E-state index in [4.69, 9.17) is 5.84 Å². The van der Waals surface area contributed by atoms with Gasteiger partial charge in [0.15, 0.2) is 5.82 Å². The summed E-state index contributed by atoms with van der Waals surface area (Å²) >= 11 is 1.20. The number of nitrogen functional groups attached to an aromatic ring is 1. The minimum Gasteiger partial charge on any atom is -0.336 e. The van der Waals surface area contributed by atoms with Crippen LogP contribution in [-0.2, 0) is 15.0 Å². The molecule has 0 saturated carbocycles. The Labute approximate surface area is 169 Å². The van der Waals surface area contributed by atoms with Gasteiger partial charge in [-0.3, -0.25) is 9.59 Å². The van der Waals surface area contributed by atoms with E-state index in [0.29, 0.717) is 11.0 Å². The Kier molecular flexibility index (Phi) is 6.71. The molecule has 2 amide bonds. The molecule has 0 radical (unpaired) electrons. The van der Waals surface area contributed by atoms with Gasteiger partial charge in [-0.2, -0.15) is 0 Å². The predicted octanol–water partition coefficient (Wildman–Crippen LogP) is 2.10. The van der Waals surface area contributed by atoms with Crippen LogP contribution >= 0.6 is 11.8 Å². The molecule has 0 saturated heterocycles. The summed E-state index contributed by atoms with van der Waals surface area (Å²) in [7, 11) is 1.60. The molecule has 0 spiro atoms. The van der Waals surface area contributed by atoms with Crippen LogP contribution < -0.4 is 11.2 Å². The quantitative estimate of drug-likeness (QED) is 0.564. The van der Waals surface area contributed by atoms with Gasteiger partial charge in [0, 0.05) is 18.2 Å². The van der Waals surface area contributed by atoms with Crippen LogP contribution in [0, 0.1) is 13.8 Å². The van der Waals surface area contributed by atoms with Gasteiger partial charge in [0.05, 0.1) is 12.3 Å². The van der Waals surface area contributed by atoms with E-state index >= 15 is 0 Å². The normalized spacial score (nSPS) is 11.4. The molecule has 3 N–H and O–H groups in total. The summed E-state index contributed by atoms with van der Waals surface area (Å²) in [5.74, 6) is 6.36.